The Morgan fingerprint density at radius 3 is 2.68 bits per heavy atom. The zero-order valence-corrected chi connectivity index (χ0v) is 14.3. The lowest BCUT2D eigenvalue weighted by Crippen LogP contribution is -2.38. The molecule has 8 heteroatoms. The molecule has 1 aromatic carbocycles. The zero-order valence-electron chi connectivity index (χ0n) is 14.3. The fraction of sp³-hybridized carbons (Fsp3) is 0.412. The van der Waals surface area contributed by atoms with Crippen molar-refractivity contribution in [2.24, 2.45) is 12.0 Å². The van der Waals surface area contributed by atoms with Gasteiger partial charge in [-0.3, -0.25) is 4.68 Å². The molecule has 0 aliphatic rings. The van der Waals surface area contributed by atoms with E-state index in [1.54, 1.807) is 16.9 Å². The minimum Gasteiger partial charge on any atom is -0.357 e. The second-order valence-corrected chi connectivity index (χ2v) is 5.59. The van der Waals surface area contributed by atoms with Crippen molar-refractivity contribution < 1.29 is 13.2 Å². The van der Waals surface area contributed by atoms with E-state index in [4.69, 9.17) is 0 Å². The molecule has 0 amide bonds. The van der Waals surface area contributed by atoms with Crippen LogP contribution in [0.15, 0.2) is 41.7 Å². The Kier molecular flexibility index (Phi) is 6.44. The number of nitrogens with zero attached hydrogens (tertiary/aromatic N) is 3. The molecule has 0 bridgehead atoms. The van der Waals surface area contributed by atoms with E-state index in [0.29, 0.717) is 24.6 Å². The van der Waals surface area contributed by atoms with Gasteiger partial charge in [0.25, 0.3) is 0 Å². The molecule has 136 valence electrons. The fourth-order valence-electron chi connectivity index (χ4n) is 2.28. The molecular formula is C17H22F3N5. The number of aliphatic imine (C=N–C) groups is 1. The van der Waals surface area contributed by atoms with Crippen molar-refractivity contribution in [3.8, 4) is 0 Å². The summed E-state index contributed by atoms with van der Waals surface area (Å²) in [6, 6.07) is 5.22. The maximum absolute atomic E-state index is 12.7. The first-order valence-electron chi connectivity index (χ1n) is 8.04. The van der Waals surface area contributed by atoms with E-state index in [1.165, 1.54) is 6.07 Å². The van der Waals surface area contributed by atoms with Gasteiger partial charge in [0.2, 0.25) is 0 Å². The van der Waals surface area contributed by atoms with Crippen LogP contribution in [0.3, 0.4) is 0 Å². The quantitative estimate of drug-likeness (QED) is 0.620. The van der Waals surface area contributed by atoms with Crippen molar-refractivity contribution in [1.82, 2.24) is 20.4 Å². The van der Waals surface area contributed by atoms with E-state index in [2.05, 4.69) is 20.7 Å². The van der Waals surface area contributed by atoms with E-state index in [-0.39, 0.29) is 6.54 Å². The Morgan fingerprint density at radius 1 is 1.24 bits per heavy atom. The van der Waals surface area contributed by atoms with Crippen molar-refractivity contribution in [3.63, 3.8) is 0 Å². The van der Waals surface area contributed by atoms with Crippen LogP contribution in [0.5, 0.6) is 0 Å². The molecule has 0 unspecified atom stereocenters. The van der Waals surface area contributed by atoms with Gasteiger partial charge in [-0.05, 0) is 36.6 Å². The van der Waals surface area contributed by atoms with Crippen LogP contribution < -0.4 is 10.6 Å². The van der Waals surface area contributed by atoms with Gasteiger partial charge in [-0.15, -0.1) is 0 Å². The van der Waals surface area contributed by atoms with E-state index >= 15 is 0 Å². The highest BCUT2D eigenvalue weighted by molar-refractivity contribution is 5.79. The number of guanidine groups is 1. The maximum atomic E-state index is 12.7. The fourth-order valence-corrected chi connectivity index (χ4v) is 2.28. The van der Waals surface area contributed by atoms with Crippen LogP contribution in [0.25, 0.3) is 0 Å². The third-order valence-corrected chi connectivity index (χ3v) is 3.48. The van der Waals surface area contributed by atoms with Gasteiger partial charge in [0.05, 0.1) is 18.3 Å². The predicted molar refractivity (Wildman–Crippen MR) is 91.2 cm³/mol. The Bertz CT molecular complexity index is 706. The van der Waals surface area contributed by atoms with Crippen LogP contribution >= 0.6 is 0 Å². The summed E-state index contributed by atoms with van der Waals surface area (Å²) in [5.41, 5.74) is 0.956. The molecule has 0 aliphatic heterocycles. The molecule has 0 saturated carbocycles. The maximum Gasteiger partial charge on any atom is 0.416 e. The molecule has 25 heavy (non-hydrogen) atoms. The van der Waals surface area contributed by atoms with E-state index in [1.807, 2.05) is 20.2 Å². The Labute approximate surface area is 145 Å². The molecule has 2 rings (SSSR count). The first kappa shape index (κ1) is 18.8. The molecule has 0 spiro atoms. The number of benzene rings is 1. The van der Waals surface area contributed by atoms with Crippen molar-refractivity contribution in [2.75, 3.05) is 13.1 Å². The Balaban J connectivity index is 1.94. The first-order chi connectivity index (χ1) is 11.9. The monoisotopic (exact) mass is 353 g/mol. The summed E-state index contributed by atoms with van der Waals surface area (Å²) in [6.45, 7) is 3.43. The van der Waals surface area contributed by atoms with Crippen LogP contribution in [-0.4, -0.2) is 28.8 Å². The van der Waals surface area contributed by atoms with Gasteiger partial charge in [-0.25, -0.2) is 4.99 Å². The van der Waals surface area contributed by atoms with Gasteiger partial charge < -0.3 is 10.6 Å². The summed E-state index contributed by atoms with van der Waals surface area (Å²) in [7, 11) is 1.86. The van der Waals surface area contributed by atoms with Crippen molar-refractivity contribution in [3.05, 3.63) is 53.3 Å². The molecular weight excluding hydrogens is 331 g/mol. The van der Waals surface area contributed by atoms with E-state index in [0.717, 1.165) is 24.1 Å². The molecule has 0 aliphatic carbocycles. The summed E-state index contributed by atoms with van der Waals surface area (Å²) >= 11 is 0. The first-order valence-corrected chi connectivity index (χ1v) is 8.04. The molecule has 0 saturated heterocycles. The molecule has 0 radical (unpaired) electrons. The minimum atomic E-state index is -4.34. The number of nitrogens with one attached hydrogen (secondary N) is 2. The SMILES string of the molecule is CCNC(=NCc1cccc(C(F)(F)F)c1)NCCc1cnn(C)c1. The van der Waals surface area contributed by atoms with Crippen LogP contribution in [0, 0.1) is 0 Å². The van der Waals surface area contributed by atoms with Gasteiger partial charge >= 0.3 is 6.18 Å². The minimum absolute atomic E-state index is 0.173. The molecule has 0 atom stereocenters. The third-order valence-electron chi connectivity index (χ3n) is 3.48. The number of hydrogen-bond acceptors (Lipinski definition) is 2. The Hall–Kier alpha value is -2.51. The summed E-state index contributed by atoms with van der Waals surface area (Å²) < 4.78 is 40.0. The number of aromatic nitrogens is 2. The highest BCUT2D eigenvalue weighted by Crippen LogP contribution is 2.29. The van der Waals surface area contributed by atoms with Crippen LogP contribution in [0.2, 0.25) is 0 Å². The average molecular weight is 353 g/mol. The lowest BCUT2D eigenvalue weighted by Gasteiger charge is -2.11. The second kappa shape index (κ2) is 8.55. The third kappa shape index (κ3) is 6.13. The second-order valence-electron chi connectivity index (χ2n) is 5.59. The molecule has 5 nitrogen and oxygen atoms in total. The molecule has 1 heterocycles. The zero-order chi connectivity index (χ0) is 18.3. The van der Waals surface area contributed by atoms with Gasteiger partial charge in [0.15, 0.2) is 5.96 Å². The van der Waals surface area contributed by atoms with E-state index in [9.17, 15) is 13.2 Å². The van der Waals surface area contributed by atoms with Crippen molar-refractivity contribution >= 4 is 5.96 Å². The highest BCUT2D eigenvalue weighted by atomic mass is 19.4. The van der Waals surface area contributed by atoms with Crippen LogP contribution in [0.4, 0.5) is 13.2 Å². The number of rotatable bonds is 6. The molecule has 0 fully saturated rings. The normalized spacial score (nSPS) is 12.3. The number of alkyl halides is 3. The molecule has 2 aromatic rings. The highest BCUT2D eigenvalue weighted by Gasteiger charge is 2.30. The smallest absolute Gasteiger partial charge is 0.357 e. The van der Waals surface area contributed by atoms with E-state index < -0.39 is 11.7 Å². The number of halogens is 3. The standard InChI is InChI=1S/C17H22F3N5/c1-3-21-16(22-8-7-14-11-24-25(2)12-14)23-10-13-5-4-6-15(9-13)17(18,19)20/h4-6,9,11-12H,3,7-8,10H2,1-2H3,(H2,21,22,23). The molecule has 1 aromatic heterocycles. The van der Waals surface area contributed by atoms with Crippen LogP contribution in [0.1, 0.15) is 23.6 Å². The van der Waals surface area contributed by atoms with Gasteiger partial charge in [0.1, 0.15) is 0 Å². The summed E-state index contributed by atoms with van der Waals surface area (Å²) in [5.74, 6) is 0.573. The average Bonchev–Trinajstić information content (AvgIpc) is 2.97. The lowest BCUT2D eigenvalue weighted by atomic mass is 10.1. The largest absolute Gasteiger partial charge is 0.416 e. The summed E-state index contributed by atoms with van der Waals surface area (Å²) in [4.78, 5) is 4.35. The molecule has 2 N–H and O–H groups in total. The topological polar surface area (TPSA) is 54.2 Å². The summed E-state index contributed by atoms with van der Waals surface area (Å²) in [6.07, 6.45) is 0.177. The van der Waals surface area contributed by atoms with Gasteiger partial charge in [-0.2, -0.15) is 18.3 Å². The van der Waals surface area contributed by atoms with Gasteiger partial charge in [0, 0.05) is 26.3 Å². The van der Waals surface area contributed by atoms with Crippen molar-refractivity contribution in [1.29, 1.82) is 0 Å². The Morgan fingerprint density at radius 2 is 2.04 bits per heavy atom. The van der Waals surface area contributed by atoms with Crippen molar-refractivity contribution in [2.45, 2.75) is 26.1 Å². The number of hydrogen-bond donors (Lipinski definition) is 2. The lowest BCUT2D eigenvalue weighted by molar-refractivity contribution is -0.137. The predicted octanol–water partition coefficient (Wildman–Crippen LogP) is 2.74. The van der Waals surface area contributed by atoms with Gasteiger partial charge in [-0.1, -0.05) is 12.1 Å². The summed E-state index contributed by atoms with van der Waals surface area (Å²) in [5, 5.41) is 10.4. The number of aryl methyl sites for hydroxylation is 1. The van der Waals surface area contributed by atoms with Crippen LogP contribution in [-0.2, 0) is 26.2 Å².